The number of sulfonamides is 1. The highest BCUT2D eigenvalue weighted by molar-refractivity contribution is 7.91. The van der Waals surface area contributed by atoms with Gasteiger partial charge >= 0.3 is 0 Å². The number of aliphatic hydroxyl groups excluding tert-OH is 1. The van der Waals surface area contributed by atoms with Gasteiger partial charge in [0.25, 0.3) is 10.0 Å². The Morgan fingerprint density at radius 2 is 2.05 bits per heavy atom. The van der Waals surface area contributed by atoms with Crippen LogP contribution in [0, 0.1) is 0 Å². The van der Waals surface area contributed by atoms with Gasteiger partial charge in [-0.2, -0.15) is 4.31 Å². The molecule has 0 aliphatic carbocycles. The molecule has 0 radical (unpaired) electrons. The standard InChI is InChI=1S/C12H15NO3S3/c1-13(9-11-3-2-8-17-11)19(15,16)12-5-4-10(18-12)6-7-14/h2-5,8,14H,6-7,9H2,1H3. The molecule has 0 aromatic carbocycles. The van der Waals surface area contributed by atoms with Crippen LogP contribution in [0.25, 0.3) is 0 Å². The Bertz CT molecular complexity index is 616. The molecule has 0 saturated carbocycles. The van der Waals surface area contributed by atoms with Crippen molar-refractivity contribution in [2.75, 3.05) is 13.7 Å². The first kappa shape index (κ1) is 14.7. The fraction of sp³-hybridized carbons (Fsp3) is 0.333. The van der Waals surface area contributed by atoms with Crippen LogP contribution in [0.5, 0.6) is 0 Å². The second kappa shape index (κ2) is 6.15. The van der Waals surface area contributed by atoms with E-state index >= 15 is 0 Å². The number of thiophene rings is 2. The molecule has 0 aliphatic heterocycles. The summed E-state index contributed by atoms with van der Waals surface area (Å²) >= 11 is 2.76. The van der Waals surface area contributed by atoms with Gasteiger partial charge < -0.3 is 5.11 Å². The van der Waals surface area contributed by atoms with Gasteiger partial charge in [0.2, 0.25) is 0 Å². The largest absolute Gasteiger partial charge is 0.396 e. The molecule has 2 aromatic rings. The van der Waals surface area contributed by atoms with Gasteiger partial charge in [-0.05, 0) is 23.6 Å². The van der Waals surface area contributed by atoms with E-state index in [1.54, 1.807) is 30.5 Å². The maximum absolute atomic E-state index is 12.4. The van der Waals surface area contributed by atoms with Gasteiger partial charge in [-0.25, -0.2) is 8.42 Å². The average molecular weight is 317 g/mol. The molecule has 4 nitrogen and oxygen atoms in total. The molecule has 19 heavy (non-hydrogen) atoms. The predicted molar refractivity (Wildman–Crippen MR) is 78.1 cm³/mol. The van der Waals surface area contributed by atoms with E-state index in [2.05, 4.69) is 0 Å². The Hall–Kier alpha value is -0.730. The molecule has 104 valence electrons. The van der Waals surface area contributed by atoms with Crippen LogP contribution in [0.15, 0.2) is 33.9 Å². The zero-order valence-corrected chi connectivity index (χ0v) is 12.9. The summed E-state index contributed by atoms with van der Waals surface area (Å²) in [6.45, 7) is 0.415. The molecule has 0 saturated heterocycles. The zero-order valence-electron chi connectivity index (χ0n) is 10.4. The van der Waals surface area contributed by atoms with Crippen molar-refractivity contribution in [1.29, 1.82) is 0 Å². The highest BCUT2D eigenvalue weighted by Crippen LogP contribution is 2.26. The Morgan fingerprint density at radius 1 is 1.26 bits per heavy atom. The van der Waals surface area contributed by atoms with Crippen LogP contribution in [0.4, 0.5) is 0 Å². The number of aliphatic hydroxyl groups is 1. The molecule has 0 bridgehead atoms. The quantitative estimate of drug-likeness (QED) is 0.888. The lowest BCUT2D eigenvalue weighted by Gasteiger charge is -2.14. The number of nitrogens with zero attached hydrogens (tertiary/aromatic N) is 1. The molecular formula is C12H15NO3S3. The Morgan fingerprint density at radius 3 is 2.68 bits per heavy atom. The van der Waals surface area contributed by atoms with E-state index < -0.39 is 10.0 Å². The maximum atomic E-state index is 12.4. The van der Waals surface area contributed by atoms with Gasteiger partial charge in [-0.15, -0.1) is 22.7 Å². The van der Waals surface area contributed by atoms with Crippen molar-refractivity contribution >= 4 is 32.7 Å². The maximum Gasteiger partial charge on any atom is 0.252 e. The second-order valence-electron chi connectivity index (χ2n) is 4.03. The molecule has 0 amide bonds. The summed E-state index contributed by atoms with van der Waals surface area (Å²) in [6.07, 6.45) is 0.495. The average Bonchev–Trinajstić information content (AvgIpc) is 3.00. The van der Waals surface area contributed by atoms with Crippen LogP contribution >= 0.6 is 22.7 Å². The third kappa shape index (κ3) is 3.43. The van der Waals surface area contributed by atoms with E-state index in [1.807, 2.05) is 17.5 Å². The number of hydrogen-bond acceptors (Lipinski definition) is 5. The van der Waals surface area contributed by atoms with Gasteiger partial charge in [0.05, 0.1) is 0 Å². The zero-order chi connectivity index (χ0) is 13.9. The fourth-order valence-corrected chi connectivity index (χ4v) is 5.15. The van der Waals surface area contributed by atoms with Crippen molar-refractivity contribution in [3.63, 3.8) is 0 Å². The summed E-state index contributed by atoms with van der Waals surface area (Å²) in [4.78, 5) is 1.89. The normalized spacial score (nSPS) is 12.2. The van der Waals surface area contributed by atoms with Crippen LogP contribution in [-0.4, -0.2) is 31.5 Å². The monoisotopic (exact) mass is 317 g/mol. The Balaban J connectivity index is 2.16. The van der Waals surface area contributed by atoms with E-state index in [0.29, 0.717) is 17.2 Å². The summed E-state index contributed by atoms with van der Waals surface area (Å²) in [5.74, 6) is 0. The summed E-state index contributed by atoms with van der Waals surface area (Å²) in [5.41, 5.74) is 0. The molecule has 1 N–H and O–H groups in total. The van der Waals surface area contributed by atoms with Crippen molar-refractivity contribution in [3.05, 3.63) is 39.4 Å². The first-order valence-corrected chi connectivity index (χ1v) is 8.86. The summed E-state index contributed by atoms with van der Waals surface area (Å²) in [6, 6.07) is 7.19. The van der Waals surface area contributed by atoms with Gasteiger partial charge in [0.15, 0.2) is 0 Å². The minimum atomic E-state index is -3.44. The van der Waals surface area contributed by atoms with E-state index in [4.69, 9.17) is 5.11 Å². The van der Waals surface area contributed by atoms with Crippen molar-refractivity contribution in [3.8, 4) is 0 Å². The molecule has 2 aromatic heterocycles. The van der Waals surface area contributed by atoms with E-state index in [-0.39, 0.29) is 6.61 Å². The molecule has 0 aliphatic rings. The SMILES string of the molecule is CN(Cc1cccs1)S(=O)(=O)c1ccc(CCO)s1. The summed E-state index contributed by atoms with van der Waals surface area (Å²) < 4.78 is 26.4. The van der Waals surface area contributed by atoms with E-state index in [9.17, 15) is 8.42 Å². The minimum Gasteiger partial charge on any atom is -0.396 e. The van der Waals surface area contributed by atoms with Gasteiger partial charge in [0, 0.05) is 36.4 Å². The van der Waals surface area contributed by atoms with E-state index in [0.717, 1.165) is 9.75 Å². The molecule has 0 unspecified atom stereocenters. The van der Waals surface area contributed by atoms with Crippen molar-refractivity contribution < 1.29 is 13.5 Å². The molecule has 2 heterocycles. The Kier molecular flexibility index (Phi) is 4.75. The van der Waals surface area contributed by atoms with Crippen LogP contribution in [-0.2, 0) is 23.0 Å². The number of rotatable bonds is 6. The molecule has 7 heteroatoms. The van der Waals surface area contributed by atoms with Gasteiger partial charge in [0.1, 0.15) is 4.21 Å². The third-order valence-corrected chi connectivity index (χ3v) is 6.90. The lowest BCUT2D eigenvalue weighted by Crippen LogP contribution is -2.25. The van der Waals surface area contributed by atoms with Gasteiger partial charge in [-0.3, -0.25) is 0 Å². The summed E-state index contributed by atoms with van der Waals surface area (Å²) in [5, 5.41) is 10.8. The first-order valence-electron chi connectivity index (χ1n) is 5.72. The van der Waals surface area contributed by atoms with Crippen LogP contribution < -0.4 is 0 Å². The minimum absolute atomic E-state index is 0.0328. The molecule has 2 rings (SSSR count). The van der Waals surface area contributed by atoms with E-state index in [1.165, 1.54) is 15.6 Å². The van der Waals surface area contributed by atoms with Gasteiger partial charge in [-0.1, -0.05) is 6.07 Å². The van der Waals surface area contributed by atoms with Crippen LogP contribution in [0.3, 0.4) is 0 Å². The van der Waals surface area contributed by atoms with Crippen molar-refractivity contribution in [1.82, 2.24) is 4.31 Å². The van der Waals surface area contributed by atoms with Crippen molar-refractivity contribution in [2.45, 2.75) is 17.2 Å². The fourth-order valence-electron chi connectivity index (χ4n) is 1.60. The topological polar surface area (TPSA) is 57.6 Å². The highest BCUT2D eigenvalue weighted by atomic mass is 32.2. The highest BCUT2D eigenvalue weighted by Gasteiger charge is 2.23. The second-order valence-corrected chi connectivity index (χ2v) is 8.51. The Labute approximate surface area is 121 Å². The van der Waals surface area contributed by atoms with Crippen LogP contribution in [0.1, 0.15) is 9.75 Å². The molecular weight excluding hydrogens is 302 g/mol. The lowest BCUT2D eigenvalue weighted by molar-refractivity contribution is 0.300. The number of hydrogen-bond donors (Lipinski definition) is 1. The lowest BCUT2D eigenvalue weighted by atomic mass is 10.4. The third-order valence-electron chi connectivity index (χ3n) is 2.62. The first-order chi connectivity index (χ1) is 9.04. The molecule has 0 atom stereocenters. The van der Waals surface area contributed by atoms with Crippen molar-refractivity contribution in [2.24, 2.45) is 0 Å². The molecule has 0 fully saturated rings. The predicted octanol–water partition coefficient (Wildman–Crippen LogP) is 2.17. The molecule has 0 spiro atoms. The summed E-state index contributed by atoms with van der Waals surface area (Å²) in [7, 11) is -1.85. The smallest absolute Gasteiger partial charge is 0.252 e. The van der Waals surface area contributed by atoms with Crippen LogP contribution in [0.2, 0.25) is 0 Å².